The quantitative estimate of drug-likeness (QED) is 0.859. The van der Waals surface area contributed by atoms with Gasteiger partial charge in [-0.25, -0.2) is 0 Å². The Morgan fingerprint density at radius 3 is 2.75 bits per heavy atom. The van der Waals surface area contributed by atoms with E-state index in [9.17, 15) is 0 Å². The van der Waals surface area contributed by atoms with Crippen molar-refractivity contribution in [3.8, 4) is 10.6 Å². The van der Waals surface area contributed by atoms with Crippen molar-refractivity contribution in [2.45, 2.75) is 46.1 Å². The van der Waals surface area contributed by atoms with Gasteiger partial charge in [0.15, 0.2) is 0 Å². The molecule has 0 spiro atoms. The maximum Gasteiger partial charge on any atom is 0.149 e. The lowest BCUT2D eigenvalue weighted by atomic mass is 10.1. The van der Waals surface area contributed by atoms with Crippen LogP contribution in [0, 0.1) is 6.92 Å². The lowest BCUT2D eigenvalue weighted by Gasteiger charge is -2.20. The van der Waals surface area contributed by atoms with Crippen LogP contribution in [0.15, 0.2) is 18.3 Å². The summed E-state index contributed by atoms with van der Waals surface area (Å²) in [5.74, 6) is 0. The molecule has 4 nitrogen and oxygen atoms in total. The van der Waals surface area contributed by atoms with Crippen molar-refractivity contribution in [1.29, 1.82) is 0 Å². The molecular formula is C15H22N4S. The Hall–Kier alpha value is -1.33. The van der Waals surface area contributed by atoms with Gasteiger partial charge in [-0.1, -0.05) is 11.3 Å². The van der Waals surface area contributed by atoms with E-state index in [1.165, 1.54) is 0 Å². The van der Waals surface area contributed by atoms with Crippen LogP contribution in [-0.2, 0) is 6.42 Å². The van der Waals surface area contributed by atoms with Crippen LogP contribution in [0.1, 0.15) is 37.9 Å². The minimum absolute atomic E-state index is 0.180. The van der Waals surface area contributed by atoms with Crippen molar-refractivity contribution in [2.24, 2.45) is 0 Å². The van der Waals surface area contributed by atoms with Crippen molar-refractivity contribution in [3.63, 3.8) is 0 Å². The molecule has 0 aliphatic rings. The number of aryl methyl sites for hydroxylation is 2. The smallest absolute Gasteiger partial charge is 0.149 e. The highest BCUT2D eigenvalue weighted by molar-refractivity contribution is 7.14. The SMILES string of the molecule is Cc1ncccc1-c1nnc(CCCNC(C)(C)C)s1. The molecule has 0 aliphatic carbocycles. The van der Waals surface area contributed by atoms with Crippen LogP contribution in [-0.4, -0.2) is 27.3 Å². The number of nitrogens with one attached hydrogen (secondary N) is 1. The molecule has 2 aromatic heterocycles. The van der Waals surface area contributed by atoms with E-state index >= 15 is 0 Å². The highest BCUT2D eigenvalue weighted by atomic mass is 32.1. The Morgan fingerprint density at radius 1 is 1.25 bits per heavy atom. The van der Waals surface area contributed by atoms with Crippen LogP contribution in [0.25, 0.3) is 10.6 Å². The van der Waals surface area contributed by atoms with E-state index in [2.05, 4.69) is 41.3 Å². The molecule has 0 saturated heterocycles. The number of pyridine rings is 1. The van der Waals surface area contributed by atoms with Crippen molar-refractivity contribution in [1.82, 2.24) is 20.5 Å². The minimum Gasteiger partial charge on any atom is -0.312 e. The molecule has 0 fully saturated rings. The van der Waals surface area contributed by atoms with Crippen LogP contribution in [0.2, 0.25) is 0 Å². The maximum atomic E-state index is 4.30. The molecule has 0 amide bonds. The molecule has 0 aromatic carbocycles. The molecule has 0 bridgehead atoms. The molecule has 0 radical (unpaired) electrons. The van der Waals surface area contributed by atoms with Gasteiger partial charge in [-0.3, -0.25) is 4.98 Å². The molecule has 20 heavy (non-hydrogen) atoms. The highest BCUT2D eigenvalue weighted by Crippen LogP contribution is 2.25. The fourth-order valence-corrected chi connectivity index (χ4v) is 2.84. The van der Waals surface area contributed by atoms with Gasteiger partial charge in [-0.05, 0) is 52.8 Å². The number of aromatic nitrogens is 3. The fourth-order valence-electron chi connectivity index (χ4n) is 1.88. The zero-order valence-electron chi connectivity index (χ0n) is 12.6. The Morgan fingerprint density at radius 2 is 2.05 bits per heavy atom. The summed E-state index contributed by atoms with van der Waals surface area (Å²) in [5.41, 5.74) is 2.27. The normalized spacial score (nSPS) is 11.8. The number of hydrogen-bond acceptors (Lipinski definition) is 5. The third-order valence-corrected chi connectivity index (χ3v) is 3.94. The van der Waals surface area contributed by atoms with Gasteiger partial charge in [0.05, 0.1) is 0 Å². The van der Waals surface area contributed by atoms with Crippen molar-refractivity contribution in [3.05, 3.63) is 29.0 Å². The molecule has 0 aliphatic heterocycles. The predicted molar refractivity (Wildman–Crippen MR) is 84.0 cm³/mol. The molecule has 108 valence electrons. The first-order chi connectivity index (χ1) is 9.46. The number of hydrogen-bond donors (Lipinski definition) is 1. The van der Waals surface area contributed by atoms with E-state index in [4.69, 9.17) is 0 Å². The van der Waals surface area contributed by atoms with Gasteiger partial charge in [0.25, 0.3) is 0 Å². The summed E-state index contributed by atoms with van der Waals surface area (Å²) in [7, 11) is 0. The third-order valence-electron chi connectivity index (χ3n) is 2.93. The Bertz CT molecular complexity index is 557. The van der Waals surface area contributed by atoms with Gasteiger partial charge in [-0.2, -0.15) is 0 Å². The van der Waals surface area contributed by atoms with Gasteiger partial charge in [-0.15, -0.1) is 10.2 Å². The summed E-state index contributed by atoms with van der Waals surface area (Å²) < 4.78 is 0. The number of rotatable bonds is 5. The summed E-state index contributed by atoms with van der Waals surface area (Å²) >= 11 is 1.67. The zero-order chi connectivity index (χ0) is 14.6. The topological polar surface area (TPSA) is 50.7 Å². The van der Waals surface area contributed by atoms with E-state index in [1.807, 2.05) is 19.1 Å². The highest BCUT2D eigenvalue weighted by Gasteiger charge is 2.10. The molecule has 5 heteroatoms. The maximum absolute atomic E-state index is 4.30. The second-order valence-corrected chi connectivity index (χ2v) is 6.98. The lowest BCUT2D eigenvalue weighted by Crippen LogP contribution is -2.36. The molecule has 1 N–H and O–H groups in total. The largest absolute Gasteiger partial charge is 0.312 e. The van der Waals surface area contributed by atoms with Crippen LogP contribution >= 0.6 is 11.3 Å². The predicted octanol–water partition coefficient (Wildman–Crippen LogP) is 3.23. The van der Waals surface area contributed by atoms with Gasteiger partial charge in [0.2, 0.25) is 0 Å². The Kier molecular flexibility index (Phi) is 4.83. The molecule has 2 heterocycles. The molecular weight excluding hydrogens is 268 g/mol. The van der Waals surface area contributed by atoms with E-state index < -0.39 is 0 Å². The van der Waals surface area contributed by atoms with E-state index in [0.29, 0.717) is 0 Å². The first-order valence-corrected chi connectivity index (χ1v) is 7.77. The van der Waals surface area contributed by atoms with Crippen molar-refractivity contribution >= 4 is 11.3 Å². The fraction of sp³-hybridized carbons (Fsp3) is 0.533. The average molecular weight is 290 g/mol. The van der Waals surface area contributed by atoms with Crippen molar-refractivity contribution < 1.29 is 0 Å². The molecule has 0 saturated carbocycles. The zero-order valence-corrected chi connectivity index (χ0v) is 13.4. The molecule has 2 rings (SSSR count). The summed E-state index contributed by atoms with van der Waals surface area (Å²) in [6, 6.07) is 3.99. The van der Waals surface area contributed by atoms with Gasteiger partial charge in [0, 0.05) is 29.4 Å². The standard InChI is InChI=1S/C15H22N4S/c1-11-12(7-5-9-16-11)14-19-18-13(20-14)8-6-10-17-15(2,3)4/h5,7,9,17H,6,8,10H2,1-4H3. The van der Waals surface area contributed by atoms with Crippen LogP contribution in [0.4, 0.5) is 0 Å². The number of nitrogens with zero attached hydrogens (tertiary/aromatic N) is 3. The Labute approximate surface area is 124 Å². The lowest BCUT2D eigenvalue weighted by molar-refractivity contribution is 0.422. The first-order valence-electron chi connectivity index (χ1n) is 6.95. The molecule has 0 unspecified atom stereocenters. The monoisotopic (exact) mass is 290 g/mol. The third kappa shape index (κ3) is 4.35. The Balaban J connectivity index is 1.92. The average Bonchev–Trinajstić information content (AvgIpc) is 2.83. The van der Waals surface area contributed by atoms with Gasteiger partial charge in [0.1, 0.15) is 10.0 Å². The minimum atomic E-state index is 0.180. The molecule has 0 atom stereocenters. The van der Waals surface area contributed by atoms with Crippen molar-refractivity contribution in [2.75, 3.05) is 6.54 Å². The van der Waals surface area contributed by atoms with Crippen LogP contribution in [0.5, 0.6) is 0 Å². The van der Waals surface area contributed by atoms with Gasteiger partial charge < -0.3 is 5.32 Å². The molecule has 2 aromatic rings. The summed E-state index contributed by atoms with van der Waals surface area (Å²) in [4.78, 5) is 4.30. The second kappa shape index (κ2) is 6.41. The summed E-state index contributed by atoms with van der Waals surface area (Å²) in [6.45, 7) is 9.55. The van der Waals surface area contributed by atoms with Crippen LogP contribution in [0.3, 0.4) is 0 Å². The summed E-state index contributed by atoms with van der Waals surface area (Å²) in [5, 5.41) is 14.1. The van der Waals surface area contributed by atoms with E-state index in [-0.39, 0.29) is 5.54 Å². The van der Waals surface area contributed by atoms with E-state index in [0.717, 1.165) is 40.7 Å². The van der Waals surface area contributed by atoms with Gasteiger partial charge >= 0.3 is 0 Å². The first kappa shape index (κ1) is 15.1. The summed E-state index contributed by atoms with van der Waals surface area (Å²) in [6.07, 6.45) is 3.86. The second-order valence-electron chi connectivity index (χ2n) is 5.92. The van der Waals surface area contributed by atoms with Crippen LogP contribution < -0.4 is 5.32 Å². The van der Waals surface area contributed by atoms with E-state index in [1.54, 1.807) is 17.5 Å².